The average Bonchev–Trinajstić information content (AvgIpc) is 2.93. The smallest absolute Gasteiger partial charge is 0.0692 e. The second-order valence-corrected chi connectivity index (χ2v) is 11.0. The summed E-state index contributed by atoms with van der Waals surface area (Å²) in [6.07, 6.45) is 28.5. The molecule has 3 rings (SSSR count). The van der Waals surface area contributed by atoms with Crippen LogP contribution in [0, 0.1) is 18.8 Å². The van der Waals surface area contributed by atoms with Gasteiger partial charge in [-0.3, -0.25) is 0 Å². The van der Waals surface area contributed by atoms with E-state index >= 15 is 0 Å². The Kier molecular flexibility index (Phi) is 13.4. The first-order valence-electron chi connectivity index (χ1n) is 14.2. The molecule has 2 unspecified atom stereocenters. The van der Waals surface area contributed by atoms with Crippen molar-refractivity contribution in [2.24, 2.45) is 5.92 Å². The maximum absolute atomic E-state index is 4.65. The first-order valence-corrected chi connectivity index (χ1v) is 14.2. The van der Waals surface area contributed by atoms with Crippen molar-refractivity contribution in [3.05, 3.63) is 84.2 Å². The van der Waals surface area contributed by atoms with Crippen molar-refractivity contribution in [3.8, 4) is 12.8 Å². The Morgan fingerprint density at radius 2 is 1.81 bits per heavy atom. The Labute approximate surface area is 228 Å². The van der Waals surface area contributed by atoms with Gasteiger partial charge in [0.15, 0.2) is 0 Å². The molecule has 2 aliphatic rings. The van der Waals surface area contributed by atoms with Crippen molar-refractivity contribution in [2.75, 3.05) is 20.6 Å². The number of allylic oxidation sites excluding steroid dienone is 4. The molecule has 0 heterocycles. The lowest BCUT2D eigenvalue weighted by Crippen LogP contribution is -2.53. The summed E-state index contributed by atoms with van der Waals surface area (Å²) < 4.78 is 0. The largest absolute Gasteiger partial charge is 0.380 e. The van der Waals surface area contributed by atoms with Crippen LogP contribution in [0.15, 0.2) is 78.7 Å². The molecule has 0 amide bonds. The molecule has 202 valence electrons. The lowest BCUT2D eigenvalue weighted by molar-refractivity contribution is 0.167. The molecule has 0 aromatic heterocycles. The fourth-order valence-electron chi connectivity index (χ4n) is 5.77. The molecule has 1 saturated carbocycles. The summed E-state index contributed by atoms with van der Waals surface area (Å²) in [6, 6.07) is 10.9. The molecular weight excluding hydrogens is 450 g/mol. The SMILES string of the molecule is C#C.C=C(CCC1CCCCC1)NC(Cc1ccccc1)C(=C)N(C)C(C)(CNC)CC1=CCCC=C1. The van der Waals surface area contributed by atoms with Crippen LogP contribution in [0.1, 0.15) is 76.7 Å². The molecule has 2 atom stereocenters. The zero-order valence-corrected chi connectivity index (χ0v) is 23.8. The van der Waals surface area contributed by atoms with Gasteiger partial charge in [-0.15, -0.1) is 12.8 Å². The van der Waals surface area contributed by atoms with Gasteiger partial charge in [-0.05, 0) is 69.6 Å². The number of terminal acetylenes is 1. The van der Waals surface area contributed by atoms with Crippen molar-refractivity contribution in [1.82, 2.24) is 15.5 Å². The maximum Gasteiger partial charge on any atom is 0.0692 e. The van der Waals surface area contributed by atoms with Crippen LogP contribution in [-0.2, 0) is 6.42 Å². The van der Waals surface area contributed by atoms with Gasteiger partial charge in [0.05, 0.1) is 11.6 Å². The van der Waals surface area contributed by atoms with E-state index in [1.807, 2.05) is 7.05 Å². The van der Waals surface area contributed by atoms with Crippen LogP contribution < -0.4 is 10.6 Å². The number of likely N-dealkylation sites (N-methyl/N-ethyl adjacent to an activating group) is 2. The summed E-state index contributed by atoms with van der Waals surface area (Å²) in [5, 5.41) is 7.27. The Morgan fingerprint density at radius 3 is 2.43 bits per heavy atom. The summed E-state index contributed by atoms with van der Waals surface area (Å²) in [5.74, 6) is 0.872. The van der Waals surface area contributed by atoms with Gasteiger partial charge in [0, 0.05) is 25.0 Å². The van der Waals surface area contributed by atoms with Gasteiger partial charge in [-0.2, -0.15) is 0 Å². The van der Waals surface area contributed by atoms with E-state index in [4.69, 9.17) is 0 Å². The molecule has 0 bridgehead atoms. The van der Waals surface area contributed by atoms with Crippen LogP contribution in [0.5, 0.6) is 0 Å². The van der Waals surface area contributed by atoms with Gasteiger partial charge >= 0.3 is 0 Å². The molecule has 2 aliphatic carbocycles. The summed E-state index contributed by atoms with van der Waals surface area (Å²) in [4.78, 5) is 2.42. The third-order valence-electron chi connectivity index (χ3n) is 8.10. The molecule has 0 aliphatic heterocycles. The zero-order valence-electron chi connectivity index (χ0n) is 23.8. The monoisotopic (exact) mass is 501 g/mol. The van der Waals surface area contributed by atoms with Crippen LogP contribution >= 0.6 is 0 Å². The Hall–Kier alpha value is -2.70. The Balaban J connectivity index is 0.00000235. The molecule has 2 N–H and O–H groups in total. The number of nitrogens with one attached hydrogen (secondary N) is 2. The van der Waals surface area contributed by atoms with Crippen molar-refractivity contribution in [3.63, 3.8) is 0 Å². The van der Waals surface area contributed by atoms with Crippen LogP contribution in [0.3, 0.4) is 0 Å². The van der Waals surface area contributed by atoms with Crippen LogP contribution in [0.4, 0.5) is 0 Å². The van der Waals surface area contributed by atoms with E-state index < -0.39 is 0 Å². The minimum Gasteiger partial charge on any atom is -0.380 e. The molecule has 3 nitrogen and oxygen atoms in total. The van der Waals surface area contributed by atoms with Gasteiger partial charge in [0.1, 0.15) is 0 Å². The molecule has 1 aromatic carbocycles. The zero-order chi connectivity index (χ0) is 27.1. The van der Waals surface area contributed by atoms with E-state index in [9.17, 15) is 0 Å². The first-order chi connectivity index (χ1) is 17.9. The van der Waals surface area contributed by atoms with Gasteiger partial charge in [0.2, 0.25) is 0 Å². The predicted octanol–water partition coefficient (Wildman–Crippen LogP) is 7.40. The highest BCUT2D eigenvalue weighted by Crippen LogP contribution is 2.31. The van der Waals surface area contributed by atoms with Crippen molar-refractivity contribution in [2.45, 2.75) is 89.1 Å². The van der Waals surface area contributed by atoms with Gasteiger partial charge < -0.3 is 15.5 Å². The standard InChI is InChI=1S/C32H49N3.C2H2/c1-26(21-22-28-15-9-6-10-16-28)34-31(23-29-17-11-7-12-18-29)27(2)35(5)32(3,25-33-4)24-30-19-13-8-14-20-30;1-2/h7,11-13,17-20,28,31,33-34H,1-2,6,8-10,14-16,21-25H2,3-5H3;1-2H. The van der Waals surface area contributed by atoms with Crippen LogP contribution in [0.25, 0.3) is 0 Å². The number of hydrogen-bond acceptors (Lipinski definition) is 3. The molecule has 3 heteroatoms. The lowest BCUT2D eigenvalue weighted by atomic mass is 9.85. The molecule has 0 spiro atoms. The van der Waals surface area contributed by atoms with E-state index in [-0.39, 0.29) is 11.6 Å². The quantitative estimate of drug-likeness (QED) is 0.260. The Morgan fingerprint density at radius 1 is 1.11 bits per heavy atom. The molecule has 0 radical (unpaired) electrons. The van der Waals surface area contributed by atoms with Crippen LogP contribution in [-0.4, -0.2) is 37.1 Å². The summed E-state index contributed by atoms with van der Waals surface area (Å²) in [7, 11) is 4.27. The summed E-state index contributed by atoms with van der Waals surface area (Å²) in [5.41, 5.74) is 4.97. The van der Waals surface area contributed by atoms with Gasteiger partial charge in [-0.25, -0.2) is 0 Å². The van der Waals surface area contributed by atoms with E-state index in [2.05, 4.69) is 104 Å². The summed E-state index contributed by atoms with van der Waals surface area (Å²) in [6.45, 7) is 12.4. The topological polar surface area (TPSA) is 27.3 Å². The predicted molar refractivity (Wildman–Crippen MR) is 162 cm³/mol. The van der Waals surface area contributed by atoms with E-state index in [0.717, 1.165) is 56.0 Å². The molecular formula is C34H51N3. The maximum atomic E-state index is 4.65. The molecule has 1 aromatic rings. The van der Waals surface area contributed by atoms with Crippen molar-refractivity contribution in [1.29, 1.82) is 0 Å². The van der Waals surface area contributed by atoms with Crippen molar-refractivity contribution < 1.29 is 0 Å². The van der Waals surface area contributed by atoms with Gasteiger partial charge in [-0.1, -0.05) is 93.8 Å². The molecule has 0 saturated heterocycles. The average molecular weight is 502 g/mol. The minimum atomic E-state index is -0.0700. The van der Waals surface area contributed by atoms with Gasteiger partial charge in [0.25, 0.3) is 0 Å². The third-order valence-corrected chi connectivity index (χ3v) is 8.10. The Bertz CT molecular complexity index is 903. The highest BCUT2D eigenvalue weighted by molar-refractivity contribution is 5.27. The third kappa shape index (κ3) is 9.94. The minimum absolute atomic E-state index is 0.0700. The number of rotatable bonds is 14. The fraction of sp³-hybridized carbons (Fsp3) is 0.529. The highest BCUT2D eigenvalue weighted by atomic mass is 15.2. The second kappa shape index (κ2) is 16.2. The normalized spacial score (nSPS) is 17.9. The molecule has 37 heavy (non-hydrogen) atoms. The molecule has 1 fully saturated rings. The summed E-state index contributed by atoms with van der Waals surface area (Å²) >= 11 is 0. The number of benzene rings is 1. The van der Waals surface area contributed by atoms with E-state index in [0.29, 0.717) is 0 Å². The fourth-order valence-corrected chi connectivity index (χ4v) is 5.77. The van der Waals surface area contributed by atoms with E-state index in [1.54, 1.807) is 0 Å². The highest BCUT2D eigenvalue weighted by Gasteiger charge is 2.33. The van der Waals surface area contributed by atoms with E-state index in [1.165, 1.54) is 49.7 Å². The lowest BCUT2D eigenvalue weighted by Gasteiger charge is -2.44. The van der Waals surface area contributed by atoms with Crippen molar-refractivity contribution >= 4 is 0 Å². The number of hydrogen-bond donors (Lipinski definition) is 2. The van der Waals surface area contributed by atoms with Crippen LogP contribution in [0.2, 0.25) is 0 Å². The number of nitrogens with zero attached hydrogens (tertiary/aromatic N) is 1. The second-order valence-electron chi connectivity index (χ2n) is 11.0. The first kappa shape index (κ1) is 30.5.